The minimum absolute atomic E-state index is 0.0973. The third-order valence-electron chi connectivity index (χ3n) is 3.07. The summed E-state index contributed by atoms with van der Waals surface area (Å²) in [7, 11) is 0. The molecule has 0 saturated carbocycles. The smallest absolute Gasteiger partial charge is 0.326 e. The van der Waals surface area contributed by atoms with Gasteiger partial charge >= 0.3 is 5.97 Å². The predicted molar refractivity (Wildman–Crippen MR) is 64.5 cm³/mol. The van der Waals surface area contributed by atoms with E-state index in [1.165, 1.54) is 4.90 Å². The van der Waals surface area contributed by atoms with Gasteiger partial charge in [-0.1, -0.05) is 6.08 Å². The molecule has 1 aliphatic carbocycles. The first kappa shape index (κ1) is 12.7. The van der Waals surface area contributed by atoms with Crippen molar-refractivity contribution in [1.82, 2.24) is 4.90 Å². The summed E-state index contributed by atoms with van der Waals surface area (Å²) in [5.41, 5.74) is 0. The number of amides is 1. The van der Waals surface area contributed by atoms with Crippen LogP contribution in [0.3, 0.4) is 0 Å². The molecular weight excluding hydrogens is 234 g/mol. The second kappa shape index (κ2) is 5.71. The summed E-state index contributed by atoms with van der Waals surface area (Å²) < 4.78 is 5.36. The zero-order valence-electron chi connectivity index (χ0n) is 10.0. The number of carboxylic acid groups (broad SMARTS) is 1. The Kier molecular flexibility index (Phi) is 4.02. The SMILES string of the molecule is O=C(O)C1CCCN1C(=O)COC1=CC[CH]C=C1. The molecule has 5 nitrogen and oxygen atoms in total. The van der Waals surface area contributed by atoms with E-state index < -0.39 is 12.0 Å². The van der Waals surface area contributed by atoms with Gasteiger partial charge in [0.15, 0.2) is 6.61 Å². The Balaban J connectivity index is 1.86. The number of carbonyl (C=O) groups is 2. The van der Waals surface area contributed by atoms with Gasteiger partial charge in [0.1, 0.15) is 11.8 Å². The number of hydrogen-bond donors (Lipinski definition) is 1. The summed E-state index contributed by atoms with van der Waals surface area (Å²) in [6, 6.07) is -0.690. The van der Waals surface area contributed by atoms with E-state index >= 15 is 0 Å². The maximum Gasteiger partial charge on any atom is 0.326 e. The number of rotatable bonds is 4. The molecule has 5 heteroatoms. The average Bonchev–Trinajstić information content (AvgIpc) is 2.86. The van der Waals surface area contributed by atoms with Crippen molar-refractivity contribution in [2.24, 2.45) is 0 Å². The maximum atomic E-state index is 11.9. The molecule has 97 valence electrons. The van der Waals surface area contributed by atoms with Gasteiger partial charge in [0.05, 0.1) is 0 Å². The zero-order valence-corrected chi connectivity index (χ0v) is 10.0. The van der Waals surface area contributed by atoms with E-state index in [0.29, 0.717) is 18.7 Å². The Morgan fingerprint density at radius 3 is 3.00 bits per heavy atom. The van der Waals surface area contributed by atoms with Crippen molar-refractivity contribution >= 4 is 11.9 Å². The average molecular weight is 250 g/mol. The number of hydrogen-bond acceptors (Lipinski definition) is 3. The lowest BCUT2D eigenvalue weighted by Crippen LogP contribution is -2.42. The van der Waals surface area contributed by atoms with Crippen LogP contribution in [-0.2, 0) is 14.3 Å². The molecule has 1 radical (unpaired) electrons. The highest BCUT2D eigenvalue weighted by Gasteiger charge is 2.33. The van der Waals surface area contributed by atoms with Gasteiger partial charge in [-0.2, -0.15) is 0 Å². The Bertz CT molecular complexity index is 400. The Morgan fingerprint density at radius 1 is 1.50 bits per heavy atom. The highest BCUT2D eigenvalue weighted by molar-refractivity contribution is 5.85. The Hall–Kier alpha value is -1.78. The first-order valence-corrected chi connectivity index (χ1v) is 6.03. The van der Waals surface area contributed by atoms with Crippen LogP contribution in [0.4, 0.5) is 0 Å². The third-order valence-corrected chi connectivity index (χ3v) is 3.07. The van der Waals surface area contributed by atoms with Crippen LogP contribution in [0.5, 0.6) is 0 Å². The van der Waals surface area contributed by atoms with Gasteiger partial charge in [0.2, 0.25) is 0 Å². The van der Waals surface area contributed by atoms with Crippen LogP contribution in [-0.4, -0.2) is 41.1 Å². The summed E-state index contributed by atoms with van der Waals surface area (Å²) in [5, 5.41) is 8.99. The van der Waals surface area contributed by atoms with Crippen molar-refractivity contribution < 1.29 is 19.4 Å². The Labute approximate surface area is 106 Å². The Morgan fingerprint density at radius 2 is 2.33 bits per heavy atom. The quantitative estimate of drug-likeness (QED) is 0.812. The first-order chi connectivity index (χ1) is 8.68. The van der Waals surface area contributed by atoms with E-state index in [1.54, 1.807) is 6.08 Å². The highest BCUT2D eigenvalue weighted by Crippen LogP contribution is 2.18. The van der Waals surface area contributed by atoms with Gasteiger partial charge in [-0.15, -0.1) is 0 Å². The molecule has 2 rings (SSSR count). The first-order valence-electron chi connectivity index (χ1n) is 6.03. The third kappa shape index (κ3) is 2.91. The number of nitrogens with zero attached hydrogens (tertiary/aromatic N) is 1. The summed E-state index contributed by atoms with van der Waals surface area (Å²) in [6.07, 6.45) is 9.58. The van der Waals surface area contributed by atoms with E-state index in [-0.39, 0.29) is 12.5 Å². The van der Waals surface area contributed by atoms with Crippen LogP contribution in [0, 0.1) is 6.42 Å². The van der Waals surface area contributed by atoms with Crippen molar-refractivity contribution in [3.05, 3.63) is 30.4 Å². The van der Waals surface area contributed by atoms with Crippen LogP contribution in [0.25, 0.3) is 0 Å². The van der Waals surface area contributed by atoms with E-state index in [0.717, 1.165) is 12.8 Å². The fraction of sp³-hybridized carbons (Fsp3) is 0.462. The van der Waals surface area contributed by atoms with E-state index in [4.69, 9.17) is 9.84 Å². The lowest BCUT2D eigenvalue weighted by molar-refractivity contribution is -0.149. The van der Waals surface area contributed by atoms with Crippen LogP contribution >= 0.6 is 0 Å². The largest absolute Gasteiger partial charge is 0.484 e. The van der Waals surface area contributed by atoms with Gasteiger partial charge in [0, 0.05) is 6.54 Å². The van der Waals surface area contributed by atoms with Crippen LogP contribution in [0.15, 0.2) is 24.0 Å². The number of carboxylic acids is 1. The van der Waals surface area contributed by atoms with Crippen molar-refractivity contribution in [1.29, 1.82) is 0 Å². The number of aliphatic carboxylic acids is 1. The zero-order chi connectivity index (χ0) is 13.0. The number of carbonyl (C=O) groups excluding carboxylic acids is 1. The molecule has 1 amide bonds. The highest BCUT2D eigenvalue weighted by atomic mass is 16.5. The molecule has 0 aromatic carbocycles. The summed E-state index contributed by atoms with van der Waals surface area (Å²) in [6.45, 7) is 0.405. The second-order valence-corrected chi connectivity index (χ2v) is 4.31. The second-order valence-electron chi connectivity index (χ2n) is 4.31. The number of ether oxygens (including phenoxy) is 1. The predicted octanol–water partition coefficient (Wildman–Crippen LogP) is 1.13. The minimum atomic E-state index is -0.938. The lowest BCUT2D eigenvalue weighted by atomic mass is 10.2. The fourth-order valence-electron chi connectivity index (χ4n) is 2.15. The van der Waals surface area contributed by atoms with Crippen molar-refractivity contribution in [3.8, 4) is 0 Å². The number of allylic oxidation sites excluding steroid dienone is 3. The molecule has 18 heavy (non-hydrogen) atoms. The van der Waals surface area contributed by atoms with Gasteiger partial charge < -0.3 is 14.7 Å². The van der Waals surface area contributed by atoms with Crippen molar-refractivity contribution in [2.45, 2.75) is 25.3 Å². The normalized spacial score (nSPS) is 22.8. The van der Waals surface area contributed by atoms with Gasteiger partial charge in [0.25, 0.3) is 5.91 Å². The molecular formula is C13H16NO4. The van der Waals surface area contributed by atoms with E-state index in [9.17, 15) is 9.59 Å². The van der Waals surface area contributed by atoms with Gasteiger partial charge in [-0.25, -0.2) is 4.79 Å². The van der Waals surface area contributed by atoms with Crippen LogP contribution in [0.1, 0.15) is 19.3 Å². The minimum Gasteiger partial charge on any atom is -0.484 e. The van der Waals surface area contributed by atoms with Crippen LogP contribution in [0.2, 0.25) is 0 Å². The molecule has 1 fully saturated rings. The maximum absolute atomic E-state index is 11.9. The van der Waals surface area contributed by atoms with Gasteiger partial charge in [-0.3, -0.25) is 4.79 Å². The summed E-state index contributed by atoms with van der Waals surface area (Å²) in [5.74, 6) is -0.534. The van der Waals surface area contributed by atoms with Crippen molar-refractivity contribution in [2.75, 3.05) is 13.2 Å². The lowest BCUT2D eigenvalue weighted by Gasteiger charge is -2.21. The van der Waals surface area contributed by atoms with Crippen molar-refractivity contribution in [3.63, 3.8) is 0 Å². The molecule has 2 aliphatic rings. The topological polar surface area (TPSA) is 66.8 Å². The summed E-state index contributed by atoms with van der Waals surface area (Å²) in [4.78, 5) is 24.2. The molecule has 1 unspecified atom stereocenters. The molecule has 0 spiro atoms. The molecule has 0 aromatic heterocycles. The molecule has 1 aliphatic heterocycles. The molecule has 1 atom stereocenters. The standard InChI is InChI=1S/C13H16NO4/c15-12(9-18-10-5-2-1-3-6-10)14-8-4-7-11(14)13(16)17/h1-2,5-6,11H,3-4,7-9H2,(H,16,17). The molecule has 1 N–H and O–H groups in total. The molecule has 0 aromatic rings. The summed E-state index contributed by atoms with van der Waals surface area (Å²) >= 11 is 0. The van der Waals surface area contributed by atoms with Gasteiger partial charge in [-0.05, 0) is 37.8 Å². The van der Waals surface area contributed by atoms with Crippen LogP contribution < -0.4 is 0 Å². The monoisotopic (exact) mass is 250 g/mol. The number of likely N-dealkylation sites (tertiary alicyclic amines) is 1. The molecule has 0 bridgehead atoms. The molecule has 1 heterocycles. The fourth-order valence-corrected chi connectivity index (χ4v) is 2.15. The van der Waals surface area contributed by atoms with E-state index in [2.05, 4.69) is 0 Å². The molecule has 1 saturated heterocycles. The van der Waals surface area contributed by atoms with E-state index in [1.807, 2.05) is 18.6 Å².